The van der Waals surface area contributed by atoms with Crippen molar-refractivity contribution < 1.29 is 17.6 Å². The highest BCUT2D eigenvalue weighted by Gasteiger charge is 2.31. The molecule has 0 radical (unpaired) electrons. The quantitative estimate of drug-likeness (QED) is 0.328. The fourth-order valence-electron chi connectivity index (χ4n) is 3.43. The highest BCUT2D eigenvalue weighted by atomic mass is 127. The number of hydrogen-bond acceptors (Lipinski definition) is 5. The average Bonchev–Trinajstić information content (AvgIpc) is 3.05. The van der Waals surface area contributed by atoms with Gasteiger partial charge >= 0.3 is 6.18 Å². The zero-order chi connectivity index (χ0) is 22.6. The van der Waals surface area contributed by atoms with Crippen molar-refractivity contribution in [3.05, 3.63) is 46.7 Å². The number of alkyl halides is 3. The first-order chi connectivity index (χ1) is 14.7. The molecule has 0 atom stereocenters. The number of aromatic nitrogens is 1. The predicted octanol–water partition coefficient (Wildman–Crippen LogP) is 3.55. The lowest BCUT2D eigenvalue weighted by molar-refractivity contribution is -0.137. The second-order valence-corrected chi connectivity index (χ2v) is 7.66. The van der Waals surface area contributed by atoms with Crippen LogP contribution in [0.15, 0.2) is 27.6 Å². The highest BCUT2D eigenvalue weighted by molar-refractivity contribution is 14.0. The molecule has 32 heavy (non-hydrogen) atoms. The number of likely N-dealkylation sites (N-methyl/N-ethyl adjacent to an activating group) is 1. The maximum absolute atomic E-state index is 13.3. The number of anilines is 1. The van der Waals surface area contributed by atoms with Crippen molar-refractivity contribution >= 4 is 35.6 Å². The molecule has 1 saturated heterocycles. The third kappa shape index (κ3) is 6.74. The van der Waals surface area contributed by atoms with Crippen molar-refractivity contribution in [2.45, 2.75) is 33.1 Å². The summed E-state index contributed by atoms with van der Waals surface area (Å²) in [7, 11) is 3.65. The summed E-state index contributed by atoms with van der Waals surface area (Å²) in [6, 6.07) is 3.94. The Labute approximate surface area is 203 Å². The van der Waals surface area contributed by atoms with Gasteiger partial charge in [-0.2, -0.15) is 13.2 Å². The molecule has 0 amide bonds. The van der Waals surface area contributed by atoms with Crippen molar-refractivity contribution in [2.75, 3.05) is 45.2 Å². The molecule has 1 aliphatic rings. The van der Waals surface area contributed by atoms with Gasteiger partial charge in [0.15, 0.2) is 5.96 Å². The van der Waals surface area contributed by atoms with Crippen LogP contribution >= 0.6 is 24.0 Å². The van der Waals surface area contributed by atoms with Gasteiger partial charge in [0, 0.05) is 45.5 Å². The van der Waals surface area contributed by atoms with Crippen molar-refractivity contribution in [1.82, 2.24) is 20.5 Å². The second-order valence-electron chi connectivity index (χ2n) is 7.66. The number of aliphatic imine (C=N–C) groups is 1. The number of halogens is 4. The van der Waals surface area contributed by atoms with Crippen LogP contribution in [-0.2, 0) is 19.3 Å². The third-order valence-corrected chi connectivity index (χ3v) is 5.40. The summed E-state index contributed by atoms with van der Waals surface area (Å²) >= 11 is 0. The molecule has 1 aromatic carbocycles. The molecule has 2 heterocycles. The summed E-state index contributed by atoms with van der Waals surface area (Å²) in [6.45, 7) is 7.50. The minimum atomic E-state index is -4.39. The molecule has 1 aromatic heterocycles. The minimum absolute atomic E-state index is 0. The van der Waals surface area contributed by atoms with Gasteiger partial charge in [0.2, 0.25) is 5.89 Å². The van der Waals surface area contributed by atoms with E-state index in [9.17, 15) is 13.2 Å². The molecule has 0 unspecified atom stereocenters. The molecule has 0 aliphatic carbocycles. The standard InChI is InChI=1S/C21H29F3N6O.HI/c1-14-15(2)31-19(28-14)13-27-20(25-3)26-12-16-11-17(21(22,23)24)5-6-18(16)30-9-7-29(4)8-10-30;/h5-6,11H,7-10,12-13H2,1-4H3,(H2,25,26,27);1H. The number of guanidine groups is 1. The highest BCUT2D eigenvalue weighted by Crippen LogP contribution is 2.33. The van der Waals surface area contributed by atoms with Crippen LogP contribution in [0.4, 0.5) is 18.9 Å². The van der Waals surface area contributed by atoms with Crippen molar-refractivity contribution in [1.29, 1.82) is 0 Å². The Morgan fingerprint density at radius 3 is 2.34 bits per heavy atom. The van der Waals surface area contributed by atoms with E-state index in [1.165, 1.54) is 6.07 Å². The predicted molar refractivity (Wildman–Crippen MR) is 130 cm³/mol. The van der Waals surface area contributed by atoms with Crippen LogP contribution in [0.5, 0.6) is 0 Å². The van der Waals surface area contributed by atoms with Crippen LogP contribution < -0.4 is 15.5 Å². The van der Waals surface area contributed by atoms with E-state index >= 15 is 0 Å². The molecule has 0 spiro atoms. The number of oxazole rings is 1. The summed E-state index contributed by atoms with van der Waals surface area (Å²) in [5.41, 5.74) is 1.55. The van der Waals surface area contributed by atoms with Gasteiger partial charge < -0.3 is 24.9 Å². The zero-order valence-corrected chi connectivity index (χ0v) is 21.0. The number of nitrogens with one attached hydrogen (secondary N) is 2. The SMILES string of the molecule is CN=C(NCc1nc(C)c(C)o1)NCc1cc(C(F)(F)F)ccc1N1CCN(C)CC1.I. The molecule has 11 heteroatoms. The van der Waals surface area contributed by atoms with Gasteiger partial charge in [-0.25, -0.2) is 4.98 Å². The molecule has 7 nitrogen and oxygen atoms in total. The van der Waals surface area contributed by atoms with Crippen LogP contribution in [0.25, 0.3) is 0 Å². The molecule has 3 rings (SSSR count). The second kappa shape index (κ2) is 11.2. The molecule has 0 saturated carbocycles. The van der Waals surface area contributed by atoms with E-state index < -0.39 is 11.7 Å². The number of rotatable bonds is 5. The summed E-state index contributed by atoms with van der Waals surface area (Å²) < 4.78 is 45.5. The Hall–Kier alpha value is -2.02. The number of piperazine rings is 1. The lowest BCUT2D eigenvalue weighted by atomic mass is 10.1. The van der Waals surface area contributed by atoms with Crippen LogP contribution in [-0.4, -0.2) is 56.1 Å². The largest absolute Gasteiger partial charge is 0.444 e. The molecule has 2 N–H and O–H groups in total. The first-order valence-electron chi connectivity index (χ1n) is 10.2. The summed E-state index contributed by atoms with van der Waals surface area (Å²) in [4.78, 5) is 12.8. The normalized spacial score (nSPS) is 15.5. The molecule has 1 aliphatic heterocycles. The van der Waals surface area contributed by atoms with Gasteiger partial charge in [0.25, 0.3) is 0 Å². The first-order valence-corrected chi connectivity index (χ1v) is 10.2. The summed E-state index contributed by atoms with van der Waals surface area (Å²) in [5.74, 6) is 1.73. The molecular formula is C21H30F3IN6O. The number of benzene rings is 1. The fourth-order valence-corrected chi connectivity index (χ4v) is 3.43. The van der Waals surface area contributed by atoms with E-state index in [0.29, 0.717) is 24.0 Å². The van der Waals surface area contributed by atoms with Crippen LogP contribution in [0.1, 0.15) is 28.5 Å². The fraction of sp³-hybridized carbons (Fsp3) is 0.524. The molecule has 2 aromatic rings. The van der Waals surface area contributed by atoms with E-state index in [4.69, 9.17) is 4.42 Å². The third-order valence-electron chi connectivity index (χ3n) is 5.40. The van der Waals surface area contributed by atoms with Crippen LogP contribution in [0.2, 0.25) is 0 Å². The van der Waals surface area contributed by atoms with E-state index in [2.05, 4.69) is 30.4 Å². The number of hydrogen-bond donors (Lipinski definition) is 2. The van der Waals surface area contributed by atoms with Gasteiger partial charge in [-0.15, -0.1) is 24.0 Å². The number of aryl methyl sites for hydroxylation is 2. The lowest BCUT2D eigenvalue weighted by Gasteiger charge is -2.35. The lowest BCUT2D eigenvalue weighted by Crippen LogP contribution is -2.45. The van der Waals surface area contributed by atoms with Gasteiger partial charge in [-0.05, 0) is 44.7 Å². The Kier molecular flexibility index (Phi) is 9.19. The van der Waals surface area contributed by atoms with Gasteiger partial charge in [0.05, 0.1) is 17.8 Å². The first kappa shape index (κ1) is 26.2. The Morgan fingerprint density at radius 1 is 1.12 bits per heavy atom. The summed E-state index contributed by atoms with van der Waals surface area (Å²) in [5, 5.41) is 6.20. The van der Waals surface area contributed by atoms with Crippen LogP contribution in [0.3, 0.4) is 0 Å². The Bertz CT molecular complexity index is 903. The van der Waals surface area contributed by atoms with E-state index in [0.717, 1.165) is 49.4 Å². The van der Waals surface area contributed by atoms with Crippen LogP contribution in [0, 0.1) is 13.8 Å². The Balaban J connectivity index is 0.00000363. The Morgan fingerprint density at radius 2 is 1.78 bits per heavy atom. The number of nitrogens with zero attached hydrogens (tertiary/aromatic N) is 4. The minimum Gasteiger partial charge on any atom is -0.444 e. The van der Waals surface area contributed by atoms with Crippen molar-refractivity contribution in [3.8, 4) is 0 Å². The zero-order valence-electron chi connectivity index (χ0n) is 18.7. The van der Waals surface area contributed by atoms with Gasteiger partial charge in [-0.3, -0.25) is 4.99 Å². The maximum Gasteiger partial charge on any atom is 0.416 e. The van der Waals surface area contributed by atoms with Crippen molar-refractivity contribution in [3.63, 3.8) is 0 Å². The van der Waals surface area contributed by atoms with E-state index in [1.54, 1.807) is 13.1 Å². The molecule has 178 valence electrons. The molecule has 0 bridgehead atoms. The monoisotopic (exact) mass is 566 g/mol. The molecule has 1 fully saturated rings. The smallest absolute Gasteiger partial charge is 0.416 e. The molecular weight excluding hydrogens is 536 g/mol. The maximum atomic E-state index is 13.3. The topological polar surface area (TPSA) is 68.9 Å². The van der Waals surface area contributed by atoms with Gasteiger partial charge in [-0.1, -0.05) is 0 Å². The van der Waals surface area contributed by atoms with E-state index in [1.807, 2.05) is 20.9 Å². The summed E-state index contributed by atoms with van der Waals surface area (Å²) in [6.07, 6.45) is -4.39. The average molecular weight is 566 g/mol. The van der Waals surface area contributed by atoms with Gasteiger partial charge in [0.1, 0.15) is 5.76 Å². The van der Waals surface area contributed by atoms with E-state index in [-0.39, 0.29) is 30.5 Å². The van der Waals surface area contributed by atoms with Crippen molar-refractivity contribution in [2.24, 2.45) is 4.99 Å².